The topological polar surface area (TPSA) is 61.7 Å². The van der Waals surface area contributed by atoms with Crippen LogP contribution in [-0.2, 0) is 6.54 Å². The average Bonchev–Trinajstić information content (AvgIpc) is 2.48. The van der Waals surface area contributed by atoms with Crippen LogP contribution in [0.15, 0.2) is 42.5 Å². The zero-order chi connectivity index (χ0) is 15.2. The normalized spacial score (nSPS) is 12.1. The van der Waals surface area contributed by atoms with Crippen LogP contribution in [0.4, 0.5) is 0 Å². The SMILES string of the molecule is CCOc1cccc(CNC(C)c2cccc(O)c2)c1O. The molecule has 2 rings (SSSR count). The van der Waals surface area contributed by atoms with E-state index in [9.17, 15) is 10.2 Å². The summed E-state index contributed by atoms with van der Waals surface area (Å²) in [4.78, 5) is 0. The van der Waals surface area contributed by atoms with E-state index >= 15 is 0 Å². The smallest absolute Gasteiger partial charge is 0.162 e. The van der Waals surface area contributed by atoms with Crippen molar-refractivity contribution in [2.24, 2.45) is 0 Å². The molecule has 3 N–H and O–H groups in total. The molecule has 0 aliphatic heterocycles. The highest BCUT2D eigenvalue weighted by molar-refractivity contribution is 5.45. The highest BCUT2D eigenvalue weighted by atomic mass is 16.5. The lowest BCUT2D eigenvalue weighted by Gasteiger charge is -2.16. The van der Waals surface area contributed by atoms with Crippen molar-refractivity contribution in [1.29, 1.82) is 0 Å². The second kappa shape index (κ2) is 6.99. The number of aromatic hydroxyl groups is 2. The fourth-order valence-electron chi connectivity index (χ4n) is 2.16. The predicted molar refractivity (Wildman–Crippen MR) is 82.6 cm³/mol. The van der Waals surface area contributed by atoms with Crippen LogP contribution in [0.1, 0.15) is 31.0 Å². The largest absolute Gasteiger partial charge is 0.508 e. The first-order valence-corrected chi connectivity index (χ1v) is 7.07. The van der Waals surface area contributed by atoms with Gasteiger partial charge in [0.05, 0.1) is 6.61 Å². The summed E-state index contributed by atoms with van der Waals surface area (Å²) >= 11 is 0. The minimum atomic E-state index is 0.0623. The molecule has 0 aliphatic carbocycles. The van der Waals surface area contributed by atoms with Gasteiger partial charge >= 0.3 is 0 Å². The number of hydrogen-bond acceptors (Lipinski definition) is 4. The number of nitrogens with one attached hydrogen (secondary N) is 1. The molecule has 0 aromatic heterocycles. The molecule has 112 valence electrons. The summed E-state index contributed by atoms with van der Waals surface area (Å²) in [5, 5.41) is 23.0. The molecule has 21 heavy (non-hydrogen) atoms. The maximum absolute atomic E-state index is 10.1. The average molecular weight is 287 g/mol. The molecule has 0 spiro atoms. The summed E-state index contributed by atoms with van der Waals surface area (Å²) in [6.07, 6.45) is 0. The summed E-state index contributed by atoms with van der Waals surface area (Å²) in [6, 6.07) is 12.7. The standard InChI is InChI=1S/C17H21NO3/c1-3-21-16-9-5-7-14(17(16)20)11-18-12(2)13-6-4-8-15(19)10-13/h4-10,12,18-20H,3,11H2,1-2H3. The van der Waals surface area contributed by atoms with E-state index in [0.29, 0.717) is 18.9 Å². The molecular weight excluding hydrogens is 266 g/mol. The van der Waals surface area contributed by atoms with E-state index in [0.717, 1.165) is 11.1 Å². The van der Waals surface area contributed by atoms with Crippen molar-refractivity contribution in [3.8, 4) is 17.2 Å². The van der Waals surface area contributed by atoms with Gasteiger partial charge < -0.3 is 20.3 Å². The first-order valence-electron chi connectivity index (χ1n) is 7.07. The number of hydrogen-bond donors (Lipinski definition) is 3. The minimum absolute atomic E-state index is 0.0623. The van der Waals surface area contributed by atoms with Crippen LogP contribution < -0.4 is 10.1 Å². The summed E-state index contributed by atoms with van der Waals surface area (Å²) < 4.78 is 5.37. The van der Waals surface area contributed by atoms with Gasteiger partial charge in [0.25, 0.3) is 0 Å². The number of phenols is 2. The lowest BCUT2D eigenvalue weighted by molar-refractivity contribution is 0.316. The molecule has 0 fully saturated rings. The Balaban J connectivity index is 2.04. The predicted octanol–water partition coefficient (Wildman–Crippen LogP) is 3.35. The second-order valence-electron chi connectivity index (χ2n) is 4.89. The molecule has 0 saturated heterocycles. The van der Waals surface area contributed by atoms with E-state index in [2.05, 4.69) is 5.32 Å². The molecule has 2 aromatic rings. The first-order chi connectivity index (χ1) is 10.1. The van der Waals surface area contributed by atoms with Gasteiger partial charge in [0, 0.05) is 18.2 Å². The molecule has 0 amide bonds. The van der Waals surface area contributed by atoms with Crippen molar-refractivity contribution in [2.75, 3.05) is 6.61 Å². The monoisotopic (exact) mass is 287 g/mol. The quantitative estimate of drug-likeness (QED) is 0.762. The van der Waals surface area contributed by atoms with Gasteiger partial charge in [-0.25, -0.2) is 0 Å². The number of para-hydroxylation sites is 1. The van der Waals surface area contributed by atoms with Crippen LogP contribution >= 0.6 is 0 Å². The van der Waals surface area contributed by atoms with E-state index in [4.69, 9.17) is 4.74 Å². The Morgan fingerprint density at radius 2 is 1.90 bits per heavy atom. The van der Waals surface area contributed by atoms with Gasteiger partial charge in [-0.1, -0.05) is 24.3 Å². The van der Waals surface area contributed by atoms with E-state index in [1.54, 1.807) is 18.2 Å². The van der Waals surface area contributed by atoms with E-state index in [-0.39, 0.29) is 17.5 Å². The van der Waals surface area contributed by atoms with Crippen molar-refractivity contribution in [3.63, 3.8) is 0 Å². The highest BCUT2D eigenvalue weighted by Crippen LogP contribution is 2.30. The van der Waals surface area contributed by atoms with Crippen LogP contribution in [0.2, 0.25) is 0 Å². The van der Waals surface area contributed by atoms with Crippen LogP contribution in [0.25, 0.3) is 0 Å². The van der Waals surface area contributed by atoms with Crippen molar-refractivity contribution >= 4 is 0 Å². The van der Waals surface area contributed by atoms with Crippen molar-refractivity contribution in [1.82, 2.24) is 5.32 Å². The Hall–Kier alpha value is -2.20. The Bertz CT molecular complexity index is 598. The zero-order valence-electron chi connectivity index (χ0n) is 12.3. The van der Waals surface area contributed by atoms with Crippen molar-refractivity contribution in [3.05, 3.63) is 53.6 Å². The number of ether oxygens (including phenoxy) is 1. The third kappa shape index (κ3) is 3.89. The first kappa shape index (κ1) is 15.2. The fourth-order valence-corrected chi connectivity index (χ4v) is 2.16. The number of phenolic OH excluding ortho intramolecular Hbond substituents is 2. The lowest BCUT2D eigenvalue weighted by Crippen LogP contribution is -2.18. The second-order valence-corrected chi connectivity index (χ2v) is 4.89. The third-order valence-corrected chi connectivity index (χ3v) is 3.35. The number of rotatable bonds is 6. The Kier molecular flexibility index (Phi) is 5.06. The van der Waals surface area contributed by atoms with Gasteiger partial charge in [-0.3, -0.25) is 0 Å². The maximum atomic E-state index is 10.1. The van der Waals surface area contributed by atoms with Gasteiger partial charge in [-0.05, 0) is 37.6 Å². The van der Waals surface area contributed by atoms with Gasteiger partial charge in [0.1, 0.15) is 5.75 Å². The van der Waals surface area contributed by atoms with Gasteiger partial charge in [-0.15, -0.1) is 0 Å². The maximum Gasteiger partial charge on any atom is 0.162 e. The summed E-state index contributed by atoms with van der Waals surface area (Å²) in [5.41, 5.74) is 1.78. The van der Waals surface area contributed by atoms with Crippen LogP contribution in [0, 0.1) is 0 Å². The van der Waals surface area contributed by atoms with Gasteiger partial charge in [0.2, 0.25) is 0 Å². The summed E-state index contributed by atoms with van der Waals surface area (Å²) in [7, 11) is 0. The Labute approximate surface area is 125 Å². The van der Waals surface area contributed by atoms with Crippen molar-refractivity contribution in [2.45, 2.75) is 26.4 Å². The number of benzene rings is 2. The highest BCUT2D eigenvalue weighted by Gasteiger charge is 2.10. The van der Waals surface area contributed by atoms with Gasteiger partial charge in [0.15, 0.2) is 11.5 Å². The zero-order valence-corrected chi connectivity index (χ0v) is 12.3. The molecule has 4 nitrogen and oxygen atoms in total. The lowest BCUT2D eigenvalue weighted by atomic mass is 10.1. The molecule has 1 unspecified atom stereocenters. The molecule has 0 bridgehead atoms. The molecular formula is C17H21NO3. The van der Waals surface area contributed by atoms with E-state index < -0.39 is 0 Å². The van der Waals surface area contributed by atoms with E-state index in [1.807, 2.05) is 38.1 Å². The van der Waals surface area contributed by atoms with Crippen LogP contribution in [0.5, 0.6) is 17.2 Å². The van der Waals surface area contributed by atoms with Crippen molar-refractivity contribution < 1.29 is 14.9 Å². The molecule has 2 aromatic carbocycles. The molecule has 1 atom stereocenters. The minimum Gasteiger partial charge on any atom is -0.508 e. The van der Waals surface area contributed by atoms with Crippen LogP contribution in [-0.4, -0.2) is 16.8 Å². The third-order valence-electron chi connectivity index (χ3n) is 3.35. The summed E-state index contributed by atoms with van der Waals surface area (Å²) in [5.74, 6) is 0.930. The fraction of sp³-hybridized carbons (Fsp3) is 0.294. The van der Waals surface area contributed by atoms with Gasteiger partial charge in [-0.2, -0.15) is 0 Å². The van der Waals surface area contributed by atoms with E-state index in [1.165, 1.54) is 0 Å². The van der Waals surface area contributed by atoms with Crippen LogP contribution in [0.3, 0.4) is 0 Å². The molecule has 0 saturated carbocycles. The molecule has 0 radical (unpaired) electrons. The Morgan fingerprint density at radius 1 is 1.14 bits per heavy atom. The summed E-state index contributed by atoms with van der Waals surface area (Å²) in [6.45, 7) is 4.93. The Morgan fingerprint density at radius 3 is 2.62 bits per heavy atom. The molecule has 0 heterocycles. The molecule has 4 heteroatoms. The molecule has 0 aliphatic rings.